The van der Waals surface area contributed by atoms with Crippen LogP contribution in [0.25, 0.3) is 11.0 Å². The average molecular weight is 230 g/mol. The van der Waals surface area contributed by atoms with Gasteiger partial charge < -0.3 is 9.72 Å². The van der Waals surface area contributed by atoms with Gasteiger partial charge in [0.15, 0.2) is 0 Å². The number of ether oxygens (including phenoxy) is 1. The first kappa shape index (κ1) is 10.9. The number of hydrogen-bond donors (Lipinski definition) is 1. The summed E-state index contributed by atoms with van der Waals surface area (Å²) in [5.74, 6) is 0. The van der Waals surface area contributed by atoms with Crippen LogP contribution in [0.4, 0.5) is 13.2 Å². The van der Waals surface area contributed by atoms with Crippen molar-refractivity contribution in [1.29, 1.82) is 0 Å². The molecular formula is C10H9F3N2O. The van der Waals surface area contributed by atoms with Crippen LogP contribution in [-0.4, -0.2) is 17.1 Å². The van der Waals surface area contributed by atoms with Crippen molar-refractivity contribution in [2.24, 2.45) is 0 Å². The van der Waals surface area contributed by atoms with E-state index in [0.29, 0.717) is 17.7 Å². The maximum atomic E-state index is 12.4. The summed E-state index contributed by atoms with van der Waals surface area (Å²) >= 11 is 0. The van der Waals surface area contributed by atoms with E-state index in [1.807, 2.05) is 0 Å². The van der Waals surface area contributed by atoms with Crippen molar-refractivity contribution < 1.29 is 17.9 Å². The number of aromatic nitrogens is 2. The summed E-state index contributed by atoms with van der Waals surface area (Å²) in [5.41, 5.74) is 0.0250. The highest BCUT2D eigenvalue weighted by molar-refractivity contribution is 5.76. The molecule has 0 aliphatic rings. The predicted octanol–water partition coefficient (Wildman–Crippen LogP) is 2.73. The number of pyridine rings is 1. The third-order valence-electron chi connectivity index (χ3n) is 2.13. The SMILES string of the molecule is COCc1cc2ccc(C(F)(F)F)nc2[nH]1. The molecule has 0 aliphatic heterocycles. The Balaban J connectivity index is 2.46. The monoisotopic (exact) mass is 230 g/mol. The van der Waals surface area contributed by atoms with Crippen molar-refractivity contribution in [3.63, 3.8) is 0 Å². The van der Waals surface area contributed by atoms with Gasteiger partial charge in [0.1, 0.15) is 11.3 Å². The molecule has 3 nitrogen and oxygen atoms in total. The lowest BCUT2D eigenvalue weighted by Gasteiger charge is -2.04. The molecule has 2 aromatic heterocycles. The average Bonchev–Trinajstić information content (AvgIpc) is 2.57. The summed E-state index contributed by atoms with van der Waals surface area (Å²) in [6.45, 7) is 0.317. The quantitative estimate of drug-likeness (QED) is 0.861. The number of nitrogens with one attached hydrogen (secondary N) is 1. The van der Waals surface area contributed by atoms with Crippen LogP contribution in [-0.2, 0) is 17.5 Å². The fourth-order valence-electron chi connectivity index (χ4n) is 1.45. The Labute approximate surface area is 89.2 Å². The molecule has 16 heavy (non-hydrogen) atoms. The van der Waals surface area contributed by atoms with Crippen LogP contribution < -0.4 is 0 Å². The van der Waals surface area contributed by atoms with Gasteiger partial charge in [0.05, 0.1) is 6.61 Å². The van der Waals surface area contributed by atoms with Crippen LogP contribution >= 0.6 is 0 Å². The highest BCUT2D eigenvalue weighted by Crippen LogP contribution is 2.28. The first-order valence-electron chi connectivity index (χ1n) is 4.55. The summed E-state index contributed by atoms with van der Waals surface area (Å²) in [7, 11) is 1.51. The van der Waals surface area contributed by atoms with Crippen molar-refractivity contribution >= 4 is 11.0 Å². The van der Waals surface area contributed by atoms with Gasteiger partial charge >= 0.3 is 6.18 Å². The second-order valence-corrected chi connectivity index (χ2v) is 3.36. The van der Waals surface area contributed by atoms with Gasteiger partial charge in [0.2, 0.25) is 0 Å². The Morgan fingerprint density at radius 3 is 2.75 bits per heavy atom. The van der Waals surface area contributed by atoms with E-state index in [1.165, 1.54) is 13.2 Å². The summed E-state index contributed by atoms with van der Waals surface area (Å²) < 4.78 is 42.0. The molecule has 2 heterocycles. The van der Waals surface area contributed by atoms with Gasteiger partial charge in [-0.2, -0.15) is 13.2 Å². The molecule has 0 atom stereocenters. The highest BCUT2D eigenvalue weighted by Gasteiger charge is 2.32. The largest absolute Gasteiger partial charge is 0.433 e. The van der Waals surface area contributed by atoms with Crippen molar-refractivity contribution in [3.05, 3.63) is 29.6 Å². The zero-order valence-electron chi connectivity index (χ0n) is 8.43. The molecule has 0 aliphatic carbocycles. The van der Waals surface area contributed by atoms with E-state index in [2.05, 4.69) is 9.97 Å². The van der Waals surface area contributed by atoms with E-state index in [9.17, 15) is 13.2 Å². The molecule has 0 aromatic carbocycles. The second kappa shape index (κ2) is 3.79. The molecule has 86 valence electrons. The van der Waals surface area contributed by atoms with Gasteiger partial charge in [-0.05, 0) is 18.2 Å². The van der Waals surface area contributed by atoms with Crippen molar-refractivity contribution in [2.45, 2.75) is 12.8 Å². The van der Waals surface area contributed by atoms with E-state index in [-0.39, 0.29) is 5.65 Å². The summed E-state index contributed by atoms with van der Waals surface area (Å²) in [5, 5.41) is 0.639. The minimum atomic E-state index is -4.42. The third-order valence-corrected chi connectivity index (χ3v) is 2.13. The van der Waals surface area contributed by atoms with Gasteiger partial charge in [0, 0.05) is 18.2 Å². The van der Waals surface area contributed by atoms with Crippen LogP contribution in [0.15, 0.2) is 18.2 Å². The maximum absolute atomic E-state index is 12.4. The molecule has 0 unspecified atom stereocenters. The fourth-order valence-corrected chi connectivity index (χ4v) is 1.45. The number of fused-ring (bicyclic) bond motifs is 1. The molecule has 0 radical (unpaired) electrons. The summed E-state index contributed by atoms with van der Waals surface area (Å²) in [4.78, 5) is 6.29. The molecule has 6 heteroatoms. The Kier molecular flexibility index (Phi) is 2.59. The molecule has 0 amide bonds. The first-order valence-corrected chi connectivity index (χ1v) is 4.55. The maximum Gasteiger partial charge on any atom is 0.433 e. The Hall–Kier alpha value is -1.56. The molecule has 2 rings (SSSR count). The Morgan fingerprint density at radius 1 is 1.38 bits per heavy atom. The van der Waals surface area contributed by atoms with E-state index in [0.717, 1.165) is 6.07 Å². The van der Waals surface area contributed by atoms with Crippen LogP contribution in [0.2, 0.25) is 0 Å². The number of rotatable bonds is 2. The fraction of sp³-hybridized carbons (Fsp3) is 0.300. The number of nitrogens with zero attached hydrogens (tertiary/aromatic N) is 1. The van der Waals surface area contributed by atoms with Crippen molar-refractivity contribution in [3.8, 4) is 0 Å². The van der Waals surface area contributed by atoms with E-state index < -0.39 is 11.9 Å². The Morgan fingerprint density at radius 2 is 2.12 bits per heavy atom. The molecule has 0 saturated carbocycles. The molecule has 0 saturated heterocycles. The normalized spacial score (nSPS) is 12.2. The molecule has 0 bridgehead atoms. The highest BCUT2D eigenvalue weighted by atomic mass is 19.4. The number of methoxy groups -OCH3 is 1. The van der Waals surface area contributed by atoms with Gasteiger partial charge in [-0.3, -0.25) is 0 Å². The second-order valence-electron chi connectivity index (χ2n) is 3.36. The number of alkyl halides is 3. The molecule has 2 aromatic rings. The minimum Gasteiger partial charge on any atom is -0.378 e. The number of halogens is 3. The predicted molar refractivity (Wildman–Crippen MR) is 51.8 cm³/mol. The van der Waals surface area contributed by atoms with Gasteiger partial charge in [-0.1, -0.05) is 0 Å². The lowest BCUT2D eigenvalue weighted by Crippen LogP contribution is -2.07. The zero-order valence-corrected chi connectivity index (χ0v) is 8.43. The van der Waals surface area contributed by atoms with E-state index in [1.54, 1.807) is 6.07 Å². The Bertz CT molecular complexity index is 504. The van der Waals surface area contributed by atoms with Gasteiger partial charge in [0.25, 0.3) is 0 Å². The standard InChI is InChI=1S/C10H9F3N2O/c1-16-5-7-4-6-2-3-8(10(11,12)13)15-9(6)14-7/h2-4H,5H2,1H3,(H,14,15). The molecule has 0 spiro atoms. The van der Waals surface area contributed by atoms with Crippen LogP contribution in [0, 0.1) is 0 Å². The smallest absolute Gasteiger partial charge is 0.378 e. The summed E-state index contributed by atoms with van der Waals surface area (Å²) in [6, 6.07) is 4.07. The van der Waals surface area contributed by atoms with E-state index in [4.69, 9.17) is 4.74 Å². The summed E-state index contributed by atoms with van der Waals surface area (Å²) in [6.07, 6.45) is -4.42. The zero-order chi connectivity index (χ0) is 11.8. The van der Waals surface area contributed by atoms with Gasteiger partial charge in [-0.25, -0.2) is 4.98 Å². The minimum absolute atomic E-state index is 0.224. The number of H-pyrrole nitrogens is 1. The number of hydrogen-bond acceptors (Lipinski definition) is 2. The van der Waals surface area contributed by atoms with Crippen LogP contribution in [0.5, 0.6) is 0 Å². The van der Waals surface area contributed by atoms with Crippen LogP contribution in [0.1, 0.15) is 11.4 Å². The molecule has 0 fully saturated rings. The van der Waals surface area contributed by atoms with Crippen LogP contribution in [0.3, 0.4) is 0 Å². The van der Waals surface area contributed by atoms with E-state index >= 15 is 0 Å². The molecule has 1 N–H and O–H groups in total. The lowest BCUT2D eigenvalue weighted by atomic mass is 10.3. The third kappa shape index (κ3) is 2.01. The molecular weight excluding hydrogens is 221 g/mol. The number of aromatic amines is 1. The lowest BCUT2D eigenvalue weighted by molar-refractivity contribution is -0.141. The van der Waals surface area contributed by atoms with Gasteiger partial charge in [-0.15, -0.1) is 0 Å². The topological polar surface area (TPSA) is 37.9 Å². The van der Waals surface area contributed by atoms with Crippen molar-refractivity contribution in [2.75, 3.05) is 7.11 Å². The van der Waals surface area contributed by atoms with Crippen molar-refractivity contribution in [1.82, 2.24) is 9.97 Å². The first-order chi connectivity index (χ1) is 7.50.